The van der Waals surface area contributed by atoms with Crippen molar-refractivity contribution in [3.8, 4) is 5.75 Å². The summed E-state index contributed by atoms with van der Waals surface area (Å²) in [5.74, 6) is 2.02. The molecule has 0 radical (unpaired) electrons. The summed E-state index contributed by atoms with van der Waals surface area (Å²) in [5, 5.41) is 4.29. The molecule has 2 aromatic heterocycles. The van der Waals surface area contributed by atoms with Gasteiger partial charge in [-0.3, -0.25) is 0 Å². The largest absolute Gasteiger partial charge is 0.493 e. The third-order valence-electron chi connectivity index (χ3n) is 3.59. The molecule has 1 fully saturated rings. The van der Waals surface area contributed by atoms with Crippen LogP contribution in [-0.4, -0.2) is 34.8 Å². The molecular formula is C13H19N5O. The van der Waals surface area contributed by atoms with Gasteiger partial charge >= 0.3 is 0 Å². The van der Waals surface area contributed by atoms with Crippen LogP contribution in [0.1, 0.15) is 25.7 Å². The molecule has 1 aliphatic heterocycles. The van der Waals surface area contributed by atoms with Crippen LogP contribution in [0.4, 0.5) is 11.8 Å². The highest BCUT2D eigenvalue weighted by atomic mass is 16.5. The van der Waals surface area contributed by atoms with Crippen molar-refractivity contribution in [3.05, 3.63) is 12.1 Å². The van der Waals surface area contributed by atoms with Gasteiger partial charge < -0.3 is 15.4 Å². The summed E-state index contributed by atoms with van der Waals surface area (Å²) in [6.45, 7) is 2.11. The Morgan fingerprint density at radius 3 is 2.58 bits per heavy atom. The van der Waals surface area contributed by atoms with Gasteiger partial charge in [-0.2, -0.15) is 9.50 Å². The first-order valence-electron chi connectivity index (χ1n) is 6.74. The maximum absolute atomic E-state index is 5.73. The van der Waals surface area contributed by atoms with Crippen LogP contribution in [0, 0.1) is 0 Å². The molecule has 1 aliphatic rings. The van der Waals surface area contributed by atoms with Gasteiger partial charge in [0, 0.05) is 13.1 Å². The first-order valence-corrected chi connectivity index (χ1v) is 6.74. The van der Waals surface area contributed by atoms with Gasteiger partial charge in [0.1, 0.15) is 5.82 Å². The highest BCUT2D eigenvalue weighted by Crippen LogP contribution is 2.26. The number of rotatable bonds is 2. The topological polar surface area (TPSA) is 68.7 Å². The molecule has 0 spiro atoms. The van der Waals surface area contributed by atoms with Crippen molar-refractivity contribution in [1.82, 2.24) is 14.6 Å². The fourth-order valence-electron chi connectivity index (χ4n) is 2.64. The predicted octanol–water partition coefficient (Wildman–Crippen LogP) is 1.70. The minimum absolute atomic E-state index is 0.278. The zero-order valence-corrected chi connectivity index (χ0v) is 11.2. The molecule has 6 nitrogen and oxygen atoms in total. The molecule has 0 aromatic carbocycles. The van der Waals surface area contributed by atoms with Gasteiger partial charge in [0.2, 0.25) is 11.6 Å². The van der Waals surface area contributed by atoms with Crippen LogP contribution in [0.15, 0.2) is 12.1 Å². The van der Waals surface area contributed by atoms with Crippen LogP contribution < -0.4 is 15.4 Å². The number of hydrogen-bond donors (Lipinski definition) is 1. The van der Waals surface area contributed by atoms with E-state index in [4.69, 9.17) is 10.5 Å². The van der Waals surface area contributed by atoms with E-state index in [-0.39, 0.29) is 5.95 Å². The molecule has 19 heavy (non-hydrogen) atoms. The third kappa shape index (κ3) is 2.18. The van der Waals surface area contributed by atoms with E-state index in [0.717, 1.165) is 18.9 Å². The number of hydrogen-bond acceptors (Lipinski definition) is 5. The Morgan fingerprint density at radius 2 is 1.89 bits per heavy atom. The van der Waals surface area contributed by atoms with Crippen LogP contribution in [0.25, 0.3) is 5.65 Å². The van der Waals surface area contributed by atoms with Crippen LogP contribution in [0.5, 0.6) is 5.75 Å². The highest BCUT2D eigenvalue weighted by Gasteiger charge is 2.17. The normalized spacial score (nSPS) is 16.6. The first kappa shape index (κ1) is 12.1. The number of pyridine rings is 1. The zero-order chi connectivity index (χ0) is 13.2. The van der Waals surface area contributed by atoms with Crippen molar-refractivity contribution in [2.45, 2.75) is 25.7 Å². The van der Waals surface area contributed by atoms with Crippen molar-refractivity contribution in [2.24, 2.45) is 0 Å². The molecule has 2 aromatic rings. The van der Waals surface area contributed by atoms with Crippen molar-refractivity contribution >= 4 is 17.4 Å². The number of fused-ring (bicyclic) bond motifs is 1. The first-order chi connectivity index (χ1) is 9.29. The Kier molecular flexibility index (Phi) is 3.15. The molecule has 0 atom stereocenters. The summed E-state index contributed by atoms with van der Waals surface area (Å²) in [4.78, 5) is 6.60. The molecule has 3 heterocycles. The second kappa shape index (κ2) is 4.95. The molecular weight excluding hydrogens is 242 g/mol. The lowest BCUT2D eigenvalue weighted by atomic mass is 10.2. The fraction of sp³-hybridized carbons (Fsp3) is 0.538. The second-order valence-corrected chi connectivity index (χ2v) is 4.87. The van der Waals surface area contributed by atoms with Crippen LogP contribution in [-0.2, 0) is 0 Å². The van der Waals surface area contributed by atoms with E-state index < -0.39 is 0 Å². The van der Waals surface area contributed by atoms with E-state index in [0.29, 0.717) is 11.4 Å². The van der Waals surface area contributed by atoms with Crippen LogP contribution >= 0.6 is 0 Å². The lowest BCUT2D eigenvalue weighted by molar-refractivity contribution is 0.416. The van der Waals surface area contributed by atoms with Crippen LogP contribution in [0.3, 0.4) is 0 Å². The second-order valence-electron chi connectivity index (χ2n) is 4.87. The summed E-state index contributed by atoms with van der Waals surface area (Å²) >= 11 is 0. The molecule has 0 unspecified atom stereocenters. The van der Waals surface area contributed by atoms with Gasteiger partial charge in [-0.05, 0) is 25.0 Å². The van der Waals surface area contributed by atoms with Gasteiger partial charge in [0.25, 0.3) is 0 Å². The average Bonchev–Trinajstić information content (AvgIpc) is 2.64. The quantitative estimate of drug-likeness (QED) is 0.891. The maximum Gasteiger partial charge on any atom is 0.240 e. The standard InChI is InChI=1S/C13H19N5O/c1-19-10-6-7-11(17-8-4-2-3-5-9-17)18-12(10)15-13(14)16-18/h6-7H,2-5,8-9H2,1H3,(H2,14,16). The Bertz CT molecular complexity index is 572. The van der Waals surface area contributed by atoms with E-state index in [1.165, 1.54) is 25.7 Å². The molecule has 6 heteroatoms. The number of nitrogen functional groups attached to an aromatic ring is 1. The summed E-state index contributed by atoms with van der Waals surface area (Å²) < 4.78 is 7.10. The van der Waals surface area contributed by atoms with Crippen molar-refractivity contribution in [2.75, 3.05) is 30.8 Å². The molecule has 1 saturated heterocycles. The number of aromatic nitrogens is 3. The summed E-state index contributed by atoms with van der Waals surface area (Å²) in [7, 11) is 1.63. The van der Waals surface area contributed by atoms with Crippen molar-refractivity contribution < 1.29 is 4.74 Å². The van der Waals surface area contributed by atoms with Gasteiger partial charge in [-0.1, -0.05) is 12.8 Å². The SMILES string of the molecule is COc1ccc(N2CCCCCC2)n2nc(N)nc12. The molecule has 0 aliphatic carbocycles. The minimum atomic E-state index is 0.278. The van der Waals surface area contributed by atoms with Gasteiger partial charge in [-0.15, -0.1) is 5.10 Å². The Labute approximate surface area is 112 Å². The molecule has 3 rings (SSSR count). The maximum atomic E-state index is 5.73. The molecule has 0 bridgehead atoms. The monoisotopic (exact) mass is 261 g/mol. The fourth-order valence-corrected chi connectivity index (χ4v) is 2.64. The van der Waals surface area contributed by atoms with E-state index in [1.807, 2.05) is 12.1 Å². The lowest BCUT2D eigenvalue weighted by Crippen LogP contribution is -2.26. The van der Waals surface area contributed by atoms with Gasteiger partial charge in [0.15, 0.2) is 5.75 Å². The van der Waals surface area contributed by atoms with E-state index in [2.05, 4.69) is 15.0 Å². The average molecular weight is 261 g/mol. The third-order valence-corrected chi connectivity index (χ3v) is 3.59. The highest BCUT2D eigenvalue weighted by molar-refractivity contribution is 5.61. The number of ether oxygens (including phenoxy) is 1. The Hall–Kier alpha value is -1.98. The number of methoxy groups -OCH3 is 1. The molecule has 102 valence electrons. The van der Waals surface area contributed by atoms with Crippen molar-refractivity contribution in [3.63, 3.8) is 0 Å². The number of nitrogens with two attached hydrogens (primary N) is 1. The summed E-state index contributed by atoms with van der Waals surface area (Å²) in [6.07, 6.45) is 5.04. The van der Waals surface area contributed by atoms with Gasteiger partial charge in [-0.25, -0.2) is 0 Å². The molecule has 0 saturated carbocycles. The number of nitrogens with zero attached hydrogens (tertiary/aromatic N) is 4. The zero-order valence-electron chi connectivity index (χ0n) is 11.2. The molecule has 2 N–H and O–H groups in total. The number of anilines is 2. The van der Waals surface area contributed by atoms with Gasteiger partial charge in [0.05, 0.1) is 7.11 Å². The van der Waals surface area contributed by atoms with E-state index >= 15 is 0 Å². The van der Waals surface area contributed by atoms with Crippen LogP contribution in [0.2, 0.25) is 0 Å². The van der Waals surface area contributed by atoms with E-state index in [1.54, 1.807) is 11.6 Å². The lowest BCUT2D eigenvalue weighted by Gasteiger charge is -2.23. The van der Waals surface area contributed by atoms with E-state index in [9.17, 15) is 0 Å². The molecule has 0 amide bonds. The smallest absolute Gasteiger partial charge is 0.240 e. The summed E-state index contributed by atoms with van der Waals surface area (Å²) in [6, 6.07) is 3.97. The Morgan fingerprint density at radius 1 is 1.16 bits per heavy atom. The predicted molar refractivity (Wildman–Crippen MR) is 74.6 cm³/mol. The summed E-state index contributed by atoms with van der Waals surface area (Å²) in [5.41, 5.74) is 6.41. The Balaban J connectivity index is 2.07. The van der Waals surface area contributed by atoms with Crippen molar-refractivity contribution in [1.29, 1.82) is 0 Å². The minimum Gasteiger partial charge on any atom is -0.493 e.